The maximum atomic E-state index is 12.0. The van der Waals surface area contributed by atoms with Crippen LogP contribution in [0.5, 0.6) is 0 Å². The van der Waals surface area contributed by atoms with Crippen molar-refractivity contribution in [3.8, 4) is 0 Å². The van der Waals surface area contributed by atoms with Crippen LogP contribution in [0.15, 0.2) is 0 Å². The molecule has 1 aliphatic rings. The Balaban J connectivity index is 2.46. The number of amides is 1. The summed E-state index contributed by atoms with van der Waals surface area (Å²) in [6, 6.07) is 0.262. The molecule has 1 fully saturated rings. The van der Waals surface area contributed by atoms with E-state index in [0.717, 1.165) is 25.8 Å². The van der Waals surface area contributed by atoms with Gasteiger partial charge in [0.05, 0.1) is 6.54 Å². The van der Waals surface area contributed by atoms with E-state index < -0.39 is 0 Å². The number of nitrogens with one attached hydrogen (secondary N) is 1. The Morgan fingerprint density at radius 2 is 2.06 bits per heavy atom. The van der Waals surface area contributed by atoms with Crippen LogP contribution in [0.4, 0.5) is 0 Å². The van der Waals surface area contributed by atoms with Gasteiger partial charge in [0.1, 0.15) is 5.78 Å². The number of ketones is 1. The van der Waals surface area contributed by atoms with E-state index in [0.29, 0.717) is 13.0 Å². The van der Waals surface area contributed by atoms with Gasteiger partial charge in [-0.05, 0) is 46.6 Å². The molecule has 4 nitrogen and oxygen atoms in total. The van der Waals surface area contributed by atoms with Crippen LogP contribution in [0.1, 0.15) is 53.4 Å². The van der Waals surface area contributed by atoms with Gasteiger partial charge >= 0.3 is 0 Å². The smallest absolute Gasteiger partial charge is 0.234 e. The van der Waals surface area contributed by atoms with Crippen molar-refractivity contribution >= 4 is 11.7 Å². The predicted octanol–water partition coefficient (Wildman–Crippen LogP) is 1.73. The van der Waals surface area contributed by atoms with Crippen LogP contribution in [0.2, 0.25) is 0 Å². The van der Waals surface area contributed by atoms with Crippen molar-refractivity contribution in [1.29, 1.82) is 0 Å². The Morgan fingerprint density at radius 1 is 1.39 bits per heavy atom. The summed E-state index contributed by atoms with van der Waals surface area (Å²) in [5, 5.41) is 3.04. The van der Waals surface area contributed by atoms with Gasteiger partial charge in [0.2, 0.25) is 5.91 Å². The zero-order valence-electron chi connectivity index (χ0n) is 12.1. The number of hydrogen-bond acceptors (Lipinski definition) is 3. The van der Waals surface area contributed by atoms with E-state index in [2.05, 4.69) is 17.1 Å². The number of rotatable bonds is 6. The van der Waals surface area contributed by atoms with Crippen LogP contribution in [0.25, 0.3) is 0 Å². The van der Waals surface area contributed by atoms with Gasteiger partial charge in [-0.1, -0.05) is 6.92 Å². The maximum Gasteiger partial charge on any atom is 0.234 e. The Kier molecular flexibility index (Phi) is 5.32. The summed E-state index contributed by atoms with van der Waals surface area (Å²) < 4.78 is 0. The molecule has 1 amide bonds. The summed E-state index contributed by atoms with van der Waals surface area (Å²) in [7, 11) is 0. The van der Waals surface area contributed by atoms with Crippen LogP contribution in [0.3, 0.4) is 0 Å². The van der Waals surface area contributed by atoms with E-state index in [1.54, 1.807) is 6.92 Å². The molecule has 1 N–H and O–H groups in total. The van der Waals surface area contributed by atoms with Crippen LogP contribution < -0.4 is 5.32 Å². The minimum Gasteiger partial charge on any atom is -0.350 e. The molecule has 0 aromatic carbocycles. The number of likely N-dealkylation sites (tertiary alicyclic amines) is 1. The van der Waals surface area contributed by atoms with E-state index in [-0.39, 0.29) is 23.3 Å². The van der Waals surface area contributed by atoms with Crippen LogP contribution in [0, 0.1) is 0 Å². The largest absolute Gasteiger partial charge is 0.350 e. The van der Waals surface area contributed by atoms with Crippen molar-refractivity contribution in [3.05, 3.63) is 0 Å². The van der Waals surface area contributed by atoms with Crippen LogP contribution in [-0.2, 0) is 9.59 Å². The highest BCUT2D eigenvalue weighted by molar-refractivity contribution is 5.79. The van der Waals surface area contributed by atoms with E-state index in [9.17, 15) is 9.59 Å². The third-order valence-electron chi connectivity index (χ3n) is 3.73. The molecule has 1 atom stereocenters. The van der Waals surface area contributed by atoms with Gasteiger partial charge < -0.3 is 5.32 Å². The highest BCUT2D eigenvalue weighted by Gasteiger charge is 2.28. The topological polar surface area (TPSA) is 49.4 Å². The molecular weight excluding hydrogens is 228 g/mol. The molecule has 0 bridgehead atoms. The molecule has 1 aliphatic heterocycles. The molecule has 0 saturated carbocycles. The van der Waals surface area contributed by atoms with Gasteiger partial charge in [-0.3, -0.25) is 14.5 Å². The molecule has 0 aliphatic carbocycles. The second-order valence-corrected chi connectivity index (χ2v) is 5.96. The summed E-state index contributed by atoms with van der Waals surface area (Å²) in [5.74, 6) is 0.276. The molecule has 104 valence electrons. The lowest BCUT2D eigenvalue weighted by molar-refractivity contribution is -0.125. The van der Waals surface area contributed by atoms with Crippen LogP contribution in [-0.4, -0.2) is 41.3 Å². The van der Waals surface area contributed by atoms with E-state index in [1.807, 2.05) is 13.8 Å². The van der Waals surface area contributed by atoms with Gasteiger partial charge in [-0.25, -0.2) is 0 Å². The first-order valence-corrected chi connectivity index (χ1v) is 6.88. The predicted molar refractivity (Wildman–Crippen MR) is 72.4 cm³/mol. The Bertz CT molecular complexity index is 313. The summed E-state index contributed by atoms with van der Waals surface area (Å²) in [6.07, 6.45) is 3.60. The van der Waals surface area contributed by atoms with E-state index in [4.69, 9.17) is 0 Å². The van der Waals surface area contributed by atoms with E-state index in [1.165, 1.54) is 0 Å². The lowest BCUT2D eigenvalue weighted by Crippen LogP contribution is -2.48. The van der Waals surface area contributed by atoms with Crippen molar-refractivity contribution in [2.75, 3.05) is 13.1 Å². The lowest BCUT2D eigenvalue weighted by Gasteiger charge is -2.28. The Hall–Kier alpha value is -0.900. The Morgan fingerprint density at radius 3 is 2.61 bits per heavy atom. The van der Waals surface area contributed by atoms with E-state index >= 15 is 0 Å². The third kappa shape index (κ3) is 4.77. The highest BCUT2D eigenvalue weighted by atomic mass is 16.2. The quantitative estimate of drug-likeness (QED) is 0.785. The minimum absolute atomic E-state index is 0.0669. The first kappa shape index (κ1) is 15.2. The molecule has 1 rings (SSSR count). The molecule has 1 unspecified atom stereocenters. The lowest BCUT2D eigenvalue weighted by atomic mass is 10.0. The molecule has 1 saturated heterocycles. The fourth-order valence-electron chi connectivity index (χ4n) is 2.36. The van der Waals surface area contributed by atoms with Gasteiger partial charge in [0.25, 0.3) is 0 Å². The number of hydrogen-bond donors (Lipinski definition) is 1. The third-order valence-corrected chi connectivity index (χ3v) is 3.73. The van der Waals surface area contributed by atoms with Gasteiger partial charge in [0, 0.05) is 18.0 Å². The minimum atomic E-state index is -0.146. The molecule has 0 spiro atoms. The second-order valence-electron chi connectivity index (χ2n) is 5.96. The van der Waals surface area contributed by atoms with Gasteiger partial charge in [0.15, 0.2) is 0 Å². The zero-order valence-corrected chi connectivity index (χ0v) is 12.1. The SMILES string of the molecule is CCC(C)(C)NC(=O)CN1CCCC1CC(C)=O. The number of carbonyl (C=O) groups excluding carboxylic acids is 2. The fraction of sp³-hybridized carbons (Fsp3) is 0.857. The zero-order chi connectivity index (χ0) is 13.8. The van der Waals surface area contributed by atoms with Gasteiger partial charge in [-0.15, -0.1) is 0 Å². The highest BCUT2D eigenvalue weighted by Crippen LogP contribution is 2.20. The maximum absolute atomic E-state index is 12.0. The monoisotopic (exact) mass is 254 g/mol. The van der Waals surface area contributed by atoms with Crippen molar-refractivity contribution in [2.24, 2.45) is 0 Å². The van der Waals surface area contributed by atoms with Gasteiger partial charge in [-0.2, -0.15) is 0 Å². The molecule has 0 aromatic heterocycles. The molecule has 4 heteroatoms. The first-order chi connectivity index (χ1) is 8.34. The average Bonchev–Trinajstić information content (AvgIpc) is 2.64. The number of nitrogens with zero attached hydrogens (tertiary/aromatic N) is 1. The molecule has 0 radical (unpaired) electrons. The standard InChI is InChI=1S/C14H26N2O2/c1-5-14(3,4)15-13(18)10-16-8-6-7-12(16)9-11(2)17/h12H,5-10H2,1-4H3,(H,15,18). The number of Topliss-reactive ketones (excluding diaryl/α,β-unsaturated/α-hetero) is 1. The summed E-state index contributed by atoms with van der Waals surface area (Å²) in [5.41, 5.74) is -0.146. The van der Waals surface area contributed by atoms with Crippen LogP contribution >= 0.6 is 0 Å². The summed E-state index contributed by atoms with van der Waals surface area (Å²) in [6.45, 7) is 9.09. The average molecular weight is 254 g/mol. The van der Waals surface area contributed by atoms with Crippen molar-refractivity contribution in [1.82, 2.24) is 10.2 Å². The molecule has 0 aromatic rings. The Labute approximate surface area is 110 Å². The fourth-order valence-corrected chi connectivity index (χ4v) is 2.36. The van der Waals surface area contributed by atoms with Crippen molar-refractivity contribution in [2.45, 2.75) is 65.0 Å². The molecular formula is C14H26N2O2. The van der Waals surface area contributed by atoms with Crippen molar-refractivity contribution < 1.29 is 9.59 Å². The summed E-state index contributed by atoms with van der Waals surface area (Å²) >= 11 is 0. The molecule has 18 heavy (non-hydrogen) atoms. The van der Waals surface area contributed by atoms with Crippen molar-refractivity contribution in [3.63, 3.8) is 0 Å². The number of carbonyl (C=O) groups is 2. The summed E-state index contributed by atoms with van der Waals surface area (Å²) in [4.78, 5) is 25.3. The molecule has 1 heterocycles. The second kappa shape index (κ2) is 6.32. The first-order valence-electron chi connectivity index (χ1n) is 6.88. The normalized spacial score (nSPS) is 21.0.